The van der Waals surface area contributed by atoms with Gasteiger partial charge in [-0.2, -0.15) is 9.78 Å². The number of aryl methyl sites for hydroxylation is 1. The highest BCUT2D eigenvalue weighted by Crippen LogP contribution is 2.19. The maximum atomic E-state index is 13.0. The summed E-state index contributed by atoms with van der Waals surface area (Å²) in [5.74, 6) is 0.734. The van der Waals surface area contributed by atoms with Gasteiger partial charge < -0.3 is 4.57 Å². The van der Waals surface area contributed by atoms with Crippen molar-refractivity contribution in [3.8, 4) is 0 Å². The number of fused-ring (bicyclic) bond motifs is 1. The van der Waals surface area contributed by atoms with Crippen LogP contribution < -0.4 is 5.56 Å². The van der Waals surface area contributed by atoms with Gasteiger partial charge in [-0.3, -0.25) is 4.79 Å². The van der Waals surface area contributed by atoms with E-state index >= 15 is 0 Å². The molecule has 130 valence electrons. The molecule has 0 saturated heterocycles. The first-order chi connectivity index (χ1) is 11.8. The molecule has 0 fully saturated rings. The number of rotatable bonds is 3. The molecule has 0 spiro atoms. The second kappa shape index (κ2) is 6.59. The fourth-order valence-electron chi connectivity index (χ4n) is 2.79. The van der Waals surface area contributed by atoms with E-state index in [4.69, 9.17) is 0 Å². The lowest BCUT2D eigenvalue weighted by Gasteiger charge is -2.11. The molecule has 25 heavy (non-hydrogen) atoms. The number of halogens is 1. The SMILES string of the molecule is Cc1cc(C=Nn2c(C(C)C)nc3ccc(Br)cc3c2=O)c(C)n1C. The molecule has 5 nitrogen and oxygen atoms in total. The third-order valence-corrected chi connectivity index (χ3v) is 4.97. The zero-order valence-electron chi connectivity index (χ0n) is 15.0. The van der Waals surface area contributed by atoms with Crippen molar-refractivity contribution in [2.24, 2.45) is 12.1 Å². The van der Waals surface area contributed by atoms with Gasteiger partial charge in [-0.25, -0.2) is 4.98 Å². The van der Waals surface area contributed by atoms with Crippen LogP contribution in [0.3, 0.4) is 0 Å². The summed E-state index contributed by atoms with van der Waals surface area (Å²) in [5.41, 5.74) is 3.79. The largest absolute Gasteiger partial charge is 0.352 e. The van der Waals surface area contributed by atoms with Gasteiger partial charge in [-0.1, -0.05) is 29.8 Å². The van der Waals surface area contributed by atoms with E-state index in [2.05, 4.69) is 36.6 Å². The molecule has 2 heterocycles. The molecule has 0 N–H and O–H groups in total. The van der Waals surface area contributed by atoms with E-state index in [0.29, 0.717) is 16.7 Å². The topological polar surface area (TPSA) is 52.2 Å². The predicted octanol–water partition coefficient (Wildman–Crippen LogP) is 4.12. The Balaban J connectivity index is 2.21. The molecule has 0 bridgehead atoms. The van der Waals surface area contributed by atoms with E-state index in [1.165, 1.54) is 4.68 Å². The summed E-state index contributed by atoms with van der Waals surface area (Å²) in [6.07, 6.45) is 1.74. The van der Waals surface area contributed by atoms with Gasteiger partial charge in [0.1, 0.15) is 5.82 Å². The summed E-state index contributed by atoms with van der Waals surface area (Å²) < 4.78 is 4.37. The van der Waals surface area contributed by atoms with Crippen LogP contribution in [0, 0.1) is 13.8 Å². The lowest BCUT2D eigenvalue weighted by atomic mass is 10.2. The zero-order chi connectivity index (χ0) is 18.3. The minimum atomic E-state index is -0.156. The van der Waals surface area contributed by atoms with Gasteiger partial charge in [0.2, 0.25) is 0 Å². The lowest BCUT2D eigenvalue weighted by Crippen LogP contribution is -2.23. The Morgan fingerprint density at radius 3 is 2.56 bits per heavy atom. The fourth-order valence-corrected chi connectivity index (χ4v) is 3.15. The van der Waals surface area contributed by atoms with Gasteiger partial charge in [-0.05, 0) is 38.1 Å². The third kappa shape index (κ3) is 3.18. The molecule has 0 aliphatic carbocycles. The zero-order valence-corrected chi connectivity index (χ0v) is 16.6. The summed E-state index contributed by atoms with van der Waals surface area (Å²) in [6.45, 7) is 8.11. The van der Waals surface area contributed by atoms with Gasteiger partial charge in [0.05, 0.1) is 17.1 Å². The highest BCUT2D eigenvalue weighted by atomic mass is 79.9. The van der Waals surface area contributed by atoms with Crippen LogP contribution in [-0.4, -0.2) is 20.4 Å². The lowest BCUT2D eigenvalue weighted by molar-refractivity contribution is 0.665. The van der Waals surface area contributed by atoms with Crippen LogP contribution in [0.25, 0.3) is 10.9 Å². The van der Waals surface area contributed by atoms with E-state index in [-0.39, 0.29) is 11.5 Å². The van der Waals surface area contributed by atoms with Crippen LogP contribution >= 0.6 is 15.9 Å². The Morgan fingerprint density at radius 1 is 1.24 bits per heavy atom. The summed E-state index contributed by atoms with van der Waals surface area (Å²) >= 11 is 3.42. The van der Waals surface area contributed by atoms with Crippen LogP contribution in [0.2, 0.25) is 0 Å². The van der Waals surface area contributed by atoms with E-state index in [1.807, 2.05) is 46.9 Å². The second-order valence-corrected chi connectivity index (χ2v) is 7.45. The minimum Gasteiger partial charge on any atom is -0.352 e. The molecule has 0 aliphatic heterocycles. The maximum absolute atomic E-state index is 13.0. The Bertz CT molecular complexity index is 1040. The number of hydrogen-bond donors (Lipinski definition) is 0. The first-order valence-electron chi connectivity index (χ1n) is 8.19. The fraction of sp³-hybridized carbons (Fsp3) is 0.316. The van der Waals surface area contributed by atoms with Gasteiger partial charge >= 0.3 is 0 Å². The van der Waals surface area contributed by atoms with Gasteiger partial charge in [0.15, 0.2) is 0 Å². The average Bonchev–Trinajstić information content (AvgIpc) is 2.81. The molecule has 0 radical (unpaired) electrons. The molecule has 1 aromatic carbocycles. The first-order valence-corrected chi connectivity index (χ1v) is 8.98. The van der Waals surface area contributed by atoms with Crippen molar-refractivity contribution in [3.05, 3.63) is 61.9 Å². The number of benzene rings is 1. The quantitative estimate of drug-likeness (QED) is 0.620. The highest BCUT2D eigenvalue weighted by molar-refractivity contribution is 9.10. The van der Waals surface area contributed by atoms with E-state index in [9.17, 15) is 4.79 Å². The molecular formula is C19H21BrN4O. The Hall–Kier alpha value is -2.21. The molecule has 2 aromatic heterocycles. The molecule has 0 amide bonds. The van der Waals surface area contributed by atoms with E-state index < -0.39 is 0 Å². The van der Waals surface area contributed by atoms with Crippen molar-refractivity contribution in [1.29, 1.82) is 0 Å². The molecule has 0 aliphatic rings. The van der Waals surface area contributed by atoms with Crippen molar-refractivity contribution in [3.63, 3.8) is 0 Å². The van der Waals surface area contributed by atoms with E-state index in [0.717, 1.165) is 21.4 Å². The third-order valence-electron chi connectivity index (χ3n) is 4.48. The normalized spacial score (nSPS) is 12.0. The van der Waals surface area contributed by atoms with Crippen molar-refractivity contribution in [1.82, 2.24) is 14.2 Å². The maximum Gasteiger partial charge on any atom is 0.282 e. The van der Waals surface area contributed by atoms with Gasteiger partial charge in [0.25, 0.3) is 5.56 Å². The summed E-state index contributed by atoms with van der Waals surface area (Å²) in [4.78, 5) is 17.6. The molecule has 3 aromatic rings. The first kappa shape index (κ1) is 17.6. The van der Waals surface area contributed by atoms with Crippen LogP contribution in [-0.2, 0) is 7.05 Å². The van der Waals surface area contributed by atoms with Crippen LogP contribution in [0.5, 0.6) is 0 Å². The number of nitrogens with zero attached hydrogens (tertiary/aromatic N) is 4. The molecule has 0 atom stereocenters. The Morgan fingerprint density at radius 2 is 1.96 bits per heavy atom. The number of aromatic nitrogens is 3. The van der Waals surface area contributed by atoms with Gasteiger partial charge in [-0.15, -0.1) is 0 Å². The minimum absolute atomic E-state index is 0.0801. The van der Waals surface area contributed by atoms with Crippen LogP contribution in [0.1, 0.15) is 42.5 Å². The molecular weight excluding hydrogens is 380 g/mol. The summed E-state index contributed by atoms with van der Waals surface area (Å²) in [5, 5.41) is 5.03. The predicted molar refractivity (Wildman–Crippen MR) is 106 cm³/mol. The molecule has 6 heteroatoms. The highest BCUT2D eigenvalue weighted by Gasteiger charge is 2.14. The average molecular weight is 401 g/mol. The summed E-state index contributed by atoms with van der Waals surface area (Å²) in [7, 11) is 2.02. The monoisotopic (exact) mass is 400 g/mol. The Kier molecular flexibility index (Phi) is 4.64. The van der Waals surface area contributed by atoms with Crippen molar-refractivity contribution in [2.75, 3.05) is 0 Å². The van der Waals surface area contributed by atoms with Gasteiger partial charge in [0, 0.05) is 34.4 Å². The molecule has 0 unspecified atom stereocenters. The van der Waals surface area contributed by atoms with Crippen LogP contribution in [0.15, 0.2) is 38.6 Å². The molecule has 3 rings (SSSR count). The van der Waals surface area contributed by atoms with Crippen molar-refractivity contribution >= 4 is 33.0 Å². The molecule has 0 saturated carbocycles. The van der Waals surface area contributed by atoms with Crippen molar-refractivity contribution in [2.45, 2.75) is 33.6 Å². The number of hydrogen-bond acceptors (Lipinski definition) is 3. The standard InChI is InChI=1S/C19H21BrN4O/c1-11(2)18-22-17-7-6-15(20)9-16(17)19(25)24(18)21-10-14-8-12(3)23(5)13(14)4/h6-11H,1-5H3. The Labute approximate surface area is 155 Å². The smallest absolute Gasteiger partial charge is 0.282 e. The summed E-state index contributed by atoms with van der Waals surface area (Å²) in [6, 6.07) is 7.59. The van der Waals surface area contributed by atoms with Crippen molar-refractivity contribution < 1.29 is 0 Å². The van der Waals surface area contributed by atoms with E-state index in [1.54, 1.807) is 12.3 Å². The second-order valence-electron chi connectivity index (χ2n) is 6.53. The van der Waals surface area contributed by atoms with Crippen LogP contribution in [0.4, 0.5) is 0 Å².